The van der Waals surface area contributed by atoms with E-state index in [2.05, 4.69) is 30.2 Å². The van der Waals surface area contributed by atoms with E-state index in [-0.39, 0.29) is 0 Å². The summed E-state index contributed by atoms with van der Waals surface area (Å²) in [4.78, 5) is 2.24. The van der Waals surface area contributed by atoms with Crippen molar-refractivity contribution in [1.82, 2.24) is 9.13 Å². The first-order chi connectivity index (χ1) is 4.04. The Bertz CT molecular complexity index is 75.4. The van der Waals surface area contributed by atoms with Crippen LogP contribution in [0.5, 0.6) is 0 Å². The highest BCUT2D eigenvalue weighted by Crippen LogP contribution is 1.90. The molecule has 0 N–H and O–H groups in total. The molecule has 2 nitrogen and oxygen atoms in total. The van der Waals surface area contributed by atoms with Gasteiger partial charge in [-0.05, 0) is 21.0 Å². The summed E-state index contributed by atoms with van der Waals surface area (Å²) < 4.78 is 2.50. The van der Waals surface area contributed by atoms with Gasteiger partial charge in [0.05, 0.1) is 20.8 Å². The third-order valence-electron chi connectivity index (χ3n) is 1.51. The van der Waals surface area contributed by atoms with Crippen LogP contribution in [0.1, 0.15) is 6.92 Å². The van der Waals surface area contributed by atoms with Crippen LogP contribution in [-0.4, -0.2) is 56.6 Å². The second kappa shape index (κ2) is 4.21. The van der Waals surface area contributed by atoms with Crippen LogP contribution in [0, 0.1) is 0 Å². The Morgan fingerprint density at radius 2 is 1.78 bits per heavy atom. The summed E-state index contributed by atoms with van der Waals surface area (Å²) in [5.74, 6) is 0. The van der Waals surface area contributed by atoms with Gasteiger partial charge in [0.15, 0.2) is 0 Å². The van der Waals surface area contributed by atoms with Crippen molar-refractivity contribution in [2.75, 3.05) is 20.6 Å². The van der Waals surface area contributed by atoms with Crippen molar-refractivity contribution < 1.29 is 0 Å². The van der Waals surface area contributed by atoms with Crippen molar-refractivity contribution >= 4 is 20.8 Å². The molecule has 0 radical (unpaired) electrons. The van der Waals surface area contributed by atoms with Gasteiger partial charge in [0.25, 0.3) is 0 Å². The van der Waals surface area contributed by atoms with Gasteiger partial charge in [-0.2, -0.15) is 0 Å². The monoisotopic (exact) mass is 162 g/mol. The molecule has 0 aromatic carbocycles. The van der Waals surface area contributed by atoms with Gasteiger partial charge < -0.3 is 9.13 Å². The number of hydrogen-bond acceptors (Lipinski definition) is 2. The molecule has 0 aliphatic carbocycles. The molecule has 0 aliphatic rings. The Hall–Kier alpha value is 0.354. The molecule has 0 bridgehead atoms. The second-order valence-electron chi connectivity index (χ2n) is 3.07. The normalized spacial score (nSPS) is 15.7. The first-order valence-electron chi connectivity index (χ1n) is 3.35. The van der Waals surface area contributed by atoms with E-state index >= 15 is 0 Å². The lowest BCUT2D eigenvalue weighted by atomic mass is 10.3. The van der Waals surface area contributed by atoms with Crippen LogP contribution in [0.15, 0.2) is 0 Å². The number of hydrogen-bond donors (Lipinski definition) is 0. The minimum absolute atomic E-state index is 0.776. The van der Waals surface area contributed by atoms with E-state index in [1.54, 1.807) is 0 Å². The minimum atomic E-state index is 0.776. The van der Waals surface area contributed by atoms with Gasteiger partial charge in [-0.25, -0.2) is 0 Å². The molecule has 0 spiro atoms. The number of rotatable bonds is 3. The number of likely N-dealkylation sites (N-methyl/N-ethyl adjacent to an activating group) is 1. The first-order valence-corrected chi connectivity index (χ1v) is 5.14. The summed E-state index contributed by atoms with van der Waals surface area (Å²) in [6.45, 7) is 3.49. The second-order valence-corrected chi connectivity index (χ2v) is 7.69. The fraction of sp³-hybridized carbons (Fsp3) is 1.00. The molecule has 0 aromatic heterocycles. The maximum atomic E-state index is 2.50. The van der Waals surface area contributed by atoms with Gasteiger partial charge in [0, 0.05) is 12.6 Å². The molecule has 0 saturated heterocycles. The molecule has 1 atom stereocenters. The third kappa shape index (κ3) is 4.83. The van der Waals surface area contributed by atoms with Crippen LogP contribution in [-0.2, 0) is 0 Å². The highest BCUT2D eigenvalue weighted by Gasteiger charge is 2.02. The highest BCUT2D eigenvalue weighted by molar-refractivity contribution is 6.25. The minimum Gasteiger partial charge on any atom is -0.357 e. The molecular weight excluding hydrogens is 144 g/mol. The van der Waals surface area contributed by atoms with Crippen LogP contribution < -0.4 is 0 Å². The zero-order valence-corrected chi connectivity index (χ0v) is 11.2. The largest absolute Gasteiger partial charge is 0.357 e. The highest BCUT2D eigenvalue weighted by atomic mass is 28.2. The topological polar surface area (TPSA) is 6.48 Å². The van der Waals surface area contributed by atoms with Crippen LogP contribution in [0.4, 0.5) is 0 Å². The number of nitrogens with zero attached hydrogens (tertiary/aromatic N) is 2. The van der Waals surface area contributed by atoms with Gasteiger partial charge in [-0.15, -0.1) is 0 Å². The fourth-order valence-electron chi connectivity index (χ4n) is 0.692. The SMILES string of the molecule is CC(CN(C)C)N([SiH3])[SiH3]. The Kier molecular flexibility index (Phi) is 4.38. The molecule has 0 fully saturated rings. The summed E-state index contributed by atoms with van der Waals surface area (Å²) >= 11 is 0. The zero-order valence-electron chi connectivity index (χ0n) is 7.18. The van der Waals surface area contributed by atoms with Crippen LogP contribution in [0.3, 0.4) is 0 Å². The Labute approximate surface area is 64.2 Å². The average Bonchev–Trinajstić information content (AvgIpc) is 1.63. The molecule has 1 unspecified atom stereocenters. The van der Waals surface area contributed by atoms with E-state index in [9.17, 15) is 0 Å². The summed E-state index contributed by atoms with van der Waals surface area (Å²) in [6, 6.07) is 0.776. The lowest BCUT2D eigenvalue weighted by Gasteiger charge is -2.23. The van der Waals surface area contributed by atoms with E-state index in [0.29, 0.717) is 0 Å². The third-order valence-corrected chi connectivity index (χ3v) is 3.27. The lowest BCUT2D eigenvalue weighted by molar-refractivity contribution is 0.335. The molecule has 0 rings (SSSR count). The smallest absolute Gasteiger partial charge is 0.0701 e. The Morgan fingerprint density at radius 3 is 1.89 bits per heavy atom. The summed E-state index contributed by atoms with van der Waals surface area (Å²) in [5.41, 5.74) is 0. The molecule has 0 heterocycles. The van der Waals surface area contributed by atoms with Gasteiger partial charge in [-0.3, -0.25) is 0 Å². The van der Waals surface area contributed by atoms with Crippen molar-refractivity contribution in [2.45, 2.75) is 13.0 Å². The first kappa shape index (κ1) is 9.35. The summed E-state index contributed by atoms with van der Waals surface area (Å²) in [7, 11) is 6.71. The molecule has 4 heteroatoms. The quantitative estimate of drug-likeness (QED) is 0.435. The molecule has 9 heavy (non-hydrogen) atoms. The van der Waals surface area contributed by atoms with Crippen LogP contribution in [0.25, 0.3) is 0 Å². The van der Waals surface area contributed by atoms with Crippen molar-refractivity contribution in [1.29, 1.82) is 0 Å². The van der Waals surface area contributed by atoms with Crippen molar-refractivity contribution in [3.8, 4) is 0 Å². The van der Waals surface area contributed by atoms with Gasteiger partial charge in [0.2, 0.25) is 0 Å². The van der Waals surface area contributed by atoms with Crippen LogP contribution in [0.2, 0.25) is 0 Å². The van der Waals surface area contributed by atoms with E-state index in [4.69, 9.17) is 0 Å². The van der Waals surface area contributed by atoms with Gasteiger partial charge in [-0.1, -0.05) is 0 Å². The van der Waals surface area contributed by atoms with Crippen molar-refractivity contribution in [2.24, 2.45) is 0 Å². The fourth-order valence-corrected chi connectivity index (χ4v) is 1.02. The van der Waals surface area contributed by atoms with Gasteiger partial charge >= 0.3 is 0 Å². The maximum absolute atomic E-state index is 2.50. The molecule has 0 amide bonds. The zero-order chi connectivity index (χ0) is 7.44. The van der Waals surface area contributed by atoms with Crippen molar-refractivity contribution in [3.05, 3.63) is 0 Å². The molecule has 0 saturated carbocycles. The predicted octanol–water partition coefficient (Wildman–Crippen LogP) is -2.20. The van der Waals surface area contributed by atoms with E-state index < -0.39 is 0 Å². The molecule has 56 valence electrons. The standard InChI is InChI=1S/C5H18N2Si2/c1-5(7(8)9)4-6(2)3/h5H,4H2,1-3,8-9H3. The average molecular weight is 162 g/mol. The molecular formula is C5H18N2Si2. The predicted molar refractivity (Wildman–Crippen MR) is 49.7 cm³/mol. The van der Waals surface area contributed by atoms with Crippen molar-refractivity contribution in [3.63, 3.8) is 0 Å². The van der Waals surface area contributed by atoms with Crippen LogP contribution >= 0.6 is 0 Å². The summed E-state index contributed by atoms with van der Waals surface area (Å²) in [6.07, 6.45) is 0. The van der Waals surface area contributed by atoms with E-state index in [1.165, 1.54) is 27.4 Å². The maximum Gasteiger partial charge on any atom is 0.0701 e. The Balaban J connectivity index is 3.38. The van der Waals surface area contributed by atoms with E-state index in [0.717, 1.165) is 6.04 Å². The molecule has 0 aliphatic heterocycles. The van der Waals surface area contributed by atoms with Gasteiger partial charge in [0.1, 0.15) is 0 Å². The Morgan fingerprint density at radius 1 is 1.33 bits per heavy atom. The lowest BCUT2D eigenvalue weighted by Crippen LogP contribution is -2.36. The molecule has 0 aromatic rings. The summed E-state index contributed by atoms with van der Waals surface area (Å²) in [5, 5.41) is 0. The van der Waals surface area contributed by atoms with E-state index in [1.807, 2.05) is 0 Å².